The van der Waals surface area contributed by atoms with Crippen LogP contribution in [0.2, 0.25) is 10.0 Å². The van der Waals surface area contributed by atoms with E-state index in [1.165, 1.54) is 19.8 Å². The minimum atomic E-state index is 0.0909. The predicted octanol–water partition coefficient (Wildman–Crippen LogP) is 5.94. The zero-order chi connectivity index (χ0) is 25.7. The summed E-state index contributed by atoms with van der Waals surface area (Å²) < 4.78 is 22.1. The molecule has 1 aliphatic heterocycles. The average Bonchev–Trinajstić information content (AvgIpc) is 2.90. The molecule has 36 heavy (non-hydrogen) atoms. The highest BCUT2D eigenvalue weighted by Crippen LogP contribution is 2.41. The van der Waals surface area contributed by atoms with Gasteiger partial charge in [0.05, 0.1) is 49.5 Å². The molecule has 0 unspecified atom stereocenters. The topological polar surface area (TPSA) is 78.0 Å². The highest BCUT2D eigenvalue weighted by molar-refractivity contribution is 6.37. The molecule has 8 nitrogen and oxygen atoms in total. The molecule has 1 aliphatic rings. The van der Waals surface area contributed by atoms with Crippen LogP contribution in [0.25, 0.3) is 0 Å². The lowest BCUT2D eigenvalue weighted by Gasteiger charge is -2.29. The first-order valence-electron chi connectivity index (χ1n) is 11.6. The zero-order valence-corrected chi connectivity index (χ0v) is 22.3. The Morgan fingerprint density at radius 3 is 2.11 bits per heavy atom. The van der Waals surface area contributed by atoms with Gasteiger partial charge < -0.3 is 29.2 Å². The first-order chi connectivity index (χ1) is 17.4. The maximum atomic E-state index is 6.42. The molecule has 0 atom stereocenters. The molecule has 0 spiro atoms. The summed E-state index contributed by atoms with van der Waals surface area (Å²) in [6.07, 6.45) is 5.45. The predicted molar refractivity (Wildman–Crippen MR) is 142 cm³/mol. The first-order valence-corrected chi connectivity index (χ1v) is 12.4. The van der Waals surface area contributed by atoms with E-state index in [0.717, 1.165) is 37.4 Å². The van der Waals surface area contributed by atoms with Crippen LogP contribution in [0.1, 0.15) is 29.9 Å². The second-order valence-electron chi connectivity index (χ2n) is 8.58. The molecule has 0 saturated carbocycles. The maximum absolute atomic E-state index is 6.42. The van der Waals surface area contributed by atoms with E-state index in [9.17, 15) is 0 Å². The average molecular weight is 533 g/mol. The molecule has 192 valence electrons. The van der Waals surface area contributed by atoms with Crippen molar-refractivity contribution in [2.45, 2.75) is 25.4 Å². The van der Waals surface area contributed by atoms with E-state index in [0.29, 0.717) is 44.7 Å². The third kappa shape index (κ3) is 5.88. The number of piperidine rings is 1. The van der Waals surface area contributed by atoms with Crippen LogP contribution in [0, 0.1) is 0 Å². The van der Waals surface area contributed by atoms with Gasteiger partial charge in [-0.2, -0.15) is 0 Å². The largest absolute Gasteiger partial charge is 0.495 e. The summed E-state index contributed by atoms with van der Waals surface area (Å²) in [5, 5.41) is 3.94. The van der Waals surface area contributed by atoms with Crippen molar-refractivity contribution in [3.8, 4) is 23.0 Å². The standard InChI is InChI=1S/C26H30Cl2N4O4/c1-32-9-7-16(8-10-32)17-5-6-20(21(11-17)33-2)31-26-29-13-18(14-30-26)36-15-19-24(27)22(34-3)12-23(35-4)25(19)28/h5-6,11-14,16H,7-10,15H2,1-4H3,(H,29,30,31). The van der Waals surface area contributed by atoms with Crippen LogP contribution in [0.15, 0.2) is 36.7 Å². The smallest absolute Gasteiger partial charge is 0.227 e. The van der Waals surface area contributed by atoms with Crippen molar-refractivity contribution in [1.29, 1.82) is 0 Å². The lowest BCUT2D eigenvalue weighted by atomic mass is 9.89. The van der Waals surface area contributed by atoms with Gasteiger partial charge in [-0.25, -0.2) is 9.97 Å². The molecule has 0 bridgehead atoms. The van der Waals surface area contributed by atoms with Gasteiger partial charge in [0.15, 0.2) is 5.75 Å². The van der Waals surface area contributed by atoms with Crippen molar-refractivity contribution >= 4 is 34.8 Å². The van der Waals surface area contributed by atoms with Crippen molar-refractivity contribution in [1.82, 2.24) is 14.9 Å². The van der Waals surface area contributed by atoms with Gasteiger partial charge in [-0.3, -0.25) is 0 Å². The Morgan fingerprint density at radius 1 is 0.917 bits per heavy atom. The van der Waals surface area contributed by atoms with Crippen molar-refractivity contribution in [3.05, 3.63) is 57.8 Å². The molecule has 10 heteroatoms. The number of benzene rings is 2. The van der Waals surface area contributed by atoms with Crippen LogP contribution < -0.4 is 24.3 Å². The summed E-state index contributed by atoms with van der Waals surface area (Å²) in [5.74, 6) is 3.08. The molecule has 0 radical (unpaired) electrons. The van der Waals surface area contributed by atoms with Crippen molar-refractivity contribution in [2.75, 3.05) is 46.8 Å². The van der Waals surface area contributed by atoms with Crippen LogP contribution >= 0.6 is 23.2 Å². The monoisotopic (exact) mass is 532 g/mol. The van der Waals surface area contributed by atoms with Crippen LogP contribution in [0.4, 0.5) is 11.6 Å². The highest BCUT2D eigenvalue weighted by atomic mass is 35.5. The number of nitrogens with zero attached hydrogens (tertiary/aromatic N) is 3. The number of likely N-dealkylation sites (tertiary alicyclic amines) is 1. The lowest BCUT2D eigenvalue weighted by molar-refractivity contribution is 0.255. The summed E-state index contributed by atoms with van der Waals surface area (Å²) in [6.45, 7) is 2.31. The van der Waals surface area contributed by atoms with E-state index >= 15 is 0 Å². The number of hydrogen-bond acceptors (Lipinski definition) is 8. The lowest BCUT2D eigenvalue weighted by Crippen LogP contribution is -2.29. The highest BCUT2D eigenvalue weighted by Gasteiger charge is 2.20. The Balaban J connectivity index is 1.43. The minimum absolute atomic E-state index is 0.0909. The van der Waals surface area contributed by atoms with Gasteiger partial charge in [0.2, 0.25) is 5.95 Å². The molecule has 0 amide bonds. The Labute approximate surface area is 221 Å². The van der Waals surface area contributed by atoms with E-state index in [4.69, 9.17) is 42.1 Å². The molecular formula is C26H30Cl2N4O4. The number of halogens is 2. The number of hydrogen-bond donors (Lipinski definition) is 1. The Kier molecular flexibility index (Phi) is 8.61. The van der Waals surface area contributed by atoms with Gasteiger partial charge in [-0.15, -0.1) is 0 Å². The molecule has 3 aromatic rings. The second kappa shape index (κ2) is 11.9. The van der Waals surface area contributed by atoms with E-state index in [1.807, 2.05) is 6.07 Å². The molecular weight excluding hydrogens is 503 g/mol. The summed E-state index contributed by atoms with van der Waals surface area (Å²) in [4.78, 5) is 11.1. The number of ether oxygens (including phenoxy) is 4. The van der Waals surface area contributed by atoms with Crippen molar-refractivity contribution in [3.63, 3.8) is 0 Å². The van der Waals surface area contributed by atoms with E-state index in [-0.39, 0.29) is 6.61 Å². The molecule has 0 aliphatic carbocycles. The Bertz CT molecular complexity index is 1160. The zero-order valence-electron chi connectivity index (χ0n) is 20.8. The molecule has 2 aromatic carbocycles. The number of methoxy groups -OCH3 is 3. The quantitative estimate of drug-likeness (QED) is 0.362. The number of rotatable bonds is 9. The number of anilines is 2. The third-order valence-electron chi connectivity index (χ3n) is 6.34. The molecule has 1 saturated heterocycles. The Hall–Kier alpha value is -2.94. The molecule has 2 heterocycles. The van der Waals surface area contributed by atoms with Gasteiger partial charge in [-0.05, 0) is 56.6 Å². The van der Waals surface area contributed by atoms with Crippen molar-refractivity contribution in [2.24, 2.45) is 0 Å². The fraction of sp³-hybridized carbons (Fsp3) is 0.385. The SMILES string of the molecule is COc1cc(C2CCN(C)CC2)ccc1Nc1ncc(OCc2c(Cl)c(OC)cc(OC)c2Cl)cn1. The molecule has 1 N–H and O–H groups in total. The van der Waals surface area contributed by atoms with Gasteiger partial charge in [0.1, 0.15) is 23.9 Å². The summed E-state index contributed by atoms with van der Waals surface area (Å²) in [6, 6.07) is 7.90. The van der Waals surface area contributed by atoms with Gasteiger partial charge in [0.25, 0.3) is 0 Å². The van der Waals surface area contributed by atoms with Crippen LogP contribution in [-0.2, 0) is 6.61 Å². The van der Waals surface area contributed by atoms with Gasteiger partial charge >= 0.3 is 0 Å². The fourth-order valence-corrected chi connectivity index (χ4v) is 4.81. The minimum Gasteiger partial charge on any atom is -0.495 e. The molecule has 1 aromatic heterocycles. The summed E-state index contributed by atoms with van der Waals surface area (Å²) >= 11 is 12.8. The summed E-state index contributed by atoms with van der Waals surface area (Å²) in [5.41, 5.74) is 2.64. The number of nitrogens with one attached hydrogen (secondary N) is 1. The molecule has 4 rings (SSSR count). The van der Waals surface area contributed by atoms with Crippen LogP contribution in [0.5, 0.6) is 23.0 Å². The summed E-state index contributed by atoms with van der Waals surface area (Å²) in [7, 11) is 6.88. The van der Waals surface area contributed by atoms with Gasteiger partial charge in [-0.1, -0.05) is 29.3 Å². The number of aromatic nitrogens is 2. The maximum Gasteiger partial charge on any atom is 0.227 e. The fourth-order valence-electron chi connectivity index (χ4n) is 4.20. The van der Waals surface area contributed by atoms with Crippen LogP contribution in [-0.4, -0.2) is 56.3 Å². The first kappa shape index (κ1) is 26.1. The van der Waals surface area contributed by atoms with E-state index < -0.39 is 0 Å². The van der Waals surface area contributed by atoms with E-state index in [1.54, 1.807) is 25.6 Å². The Morgan fingerprint density at radius 2 is 1.53 bits per heavy atom. The third-order valence-corrected chi connectivity index (χ3v) is 7.17. The normalized spacial score (nSPS) is 14.4. The van der Waals surface area contributed by atoms with Crippen molar-refractivity contribution < 1.29 is 18.9 Å². The molecule has 1 fully saturated rings. The second-order valence-corrected chi connectivity index (χ2v) is 9.34. The van der Waals surface area contributed by atoms with E-state index in [2.05, 4.69) is 39.4 Å². The van der Waals surface area contributed by atoms with Gasteiger partial charge in [0, 0.05) is 11.6 Å². The van der Waals surface area contributed by atoms with Crippen LogP contribution in [0.3, 0.4) is 0 Å².